The molecule has 2 heterocycles. The lowest BCUT2D eigenvalue weighted by Crippen LogP contribution is -2.52. The molecule has 33 heavy (non-hydrogen) atoms. The highest BCUT2D eigenvalue weighted by molar-refractivity contribution is 5.90. The van der Waals surface area contributed by atoms with Crippen LogP contribution < -0.4 is 11.1 Å². The Bertz CT molecular complexity index is 851. The molecular formula is C25H38N4O4. The van der Waals surface area contributed by atoms with E-state index in [0.29, 0.717) is 51.9 Å². The third-order valence-corrected chi connectivity index (χ3v) is 6.19. The molecule has 0 bridgehead atoms. The summed E-state index contributed by atoms with van der Waals surface area (Å²) in [6, 6.07) is 7.16. The molecule has 8 heteroatoms. The van der Waals surface area contributed by atoms with Crippen molar-refractivity contribution in [3.63, 3.8) is 0 Å². The number of likely N-dealkylation sites (tertiary alicyclic amines) is 1. The lowest BCUT2D eigenvalue weighted by atomic mass is 9.99. The number of ether oxygens (including phenoxy) is 1. The molecule has 3 amide bonds. The van der Waals surface area contributed by atoms with Crippen LogP contribution in [0.1, 0.15) is 64.0 Å². The number of fused-ring (bicyclic) bond motifs is 1. The predicted octanol–water partition coefficient (Wildman–Crippen LogP) is 2.58. The van der Waals surface area contributed by atoms with Crippen LogP contribution in [-0.2, 0) is 27.3 Å². The van der Waals surface area contributed by atoms with Crippen molar-refractivity contribution in [3.05, 3.63) is 35.4 Å². The van der Waals surface area contributed by atoms with E-state index in [4.69, 9.17) is 10.5 Å². The molecule has 3 rings (SSSR count). The Morgan fingerprint density at radius 3 is 2.61 bits per heavy atom. The number of benzene rings is 1. The number of hydrogen-bond donors (Lipinski definition) is 2. The predicted molar refractivity (Wildman–Crippen MR) is 126 cm³/mol. The maximum absolute atomic E-state index is 13.2. The second-order valence-corrected chi connectivity index (χ2v) is 10.00. The molecule has 2 aliphatic rings. The number of amides is 3. The van der Waals surface area contributed by atoms with Crippen molar-refractivity contribution in [3.8, 4) is 0 Å². The quantitative estimate of drug-likeness (QED) is 0.611. The molecule has 1 aromatic rings. The Morgan fingerprint density at radius 1 is 1.15 bits per heavy atom. The summed E-state index contributed by atoms with van der Waals surface area (Å²) in [5.41, 5.74) is 8.15. The minimum atomic E-state index is -0.637. The Balaban J connectivity index is 1.44. The first-order chi connectivity index (χ1) is 15.7. The smallest absolute Gasteiger partial charge is 0.407 e. The topological polar surface area (TPSA) is 105 Å². The zero-order valence-electron chi connectivity index (χ0n) is 20.1. The Labute approximate surface area is 196 Å². The second kappa shape index (κ2) is 11.0. The van der Waals surface area contributed by atoms with Crippen molar-refractivity contribution in [2.75, 3.05) is 19.6 Å². The summed E-state index contributed by atoms with van der Waals surface area (Å²) < 4.78 is 5.20. The highest BCUT2D eigenvalue weighted by Crippen LogP contribution is 2.25. The first kappa shape index (κ1) is 25.0. The van der Waals surface area contributed by atoms with Crippen molar-refractivity contribution in [1.29, 1.82) is 0 Å². The number of rotatable bonds is 7. The molecule has 0 saturated carbocycles. The Morgan fingerprint density at radius 2 is 1.88 bits per heavy atom. The summed E-state index contributed by atoms with van der Waals surface area (Å²) >= 11 is 0. The van der Waals surface area contributed by atoms with Crippen LogP contribution in [0.2, 0.25) is 0 Å². The number of nitrogens with two attached hydrogens (primary N) is 1. The number of nitrogens with one attached hydrogen (secondary N) is 1. The molecule has 8 nitrogen and oxygen atoms in total. The SMILES string of the molecule is CC(C)(C)OC(=O)NCCCC[C@H](N)C(=O)N1CCC[C@H]1C(=O)N1CCc2ccccc2C1. The van der Waals surface area contributed by atoms with Crippen LogP contribution in [0.4, 0.5) is 4.79 Å². The van der Waals surface area contributed by atoms with E-state index in [0.717, 1.165) is 12.8 Å². The van der Waals surface area contributed by atoms with Gasteiger partial charge in [-0.15, -0.1) is 0 Å². The van der Waals surface area contributed by atoms with Gasteiger partial charge in [-0.25, -0.2) is 4.79 Å². The summed E-state index contributed by atoms with van der Waals surface area (Å²) in [5, 5.41) is 2.72. The number of alkyl carbamates (subject to hydrolysis) is 1. The highest BCUT2D eigenvalue weighted by Gasteiger charge is 2.38. The molecule has 0 aliphatic carbocycles. The number of carbonyl (C=O) groups is 3. The van der Waals surface area contributed by atoms with Gasteiger partial charge in [0.1, 0.15) is 11.6 Å². The molecule has 0 unspecified atom stereocenters. The lowest BCUT2D eigenvalue weighted by Gasteiger charge is -2.34. The molecule has 0 aromatic heterocycles. The van der Waals surface area contributed by atoms with Crippen molar-refractivity contribution < 1.29 is 19.1 Å². The van der Waals surface area contributed by atoms with Gasteiger partial charge in [0.05, 0.1) is 6.04 Å². The fourth-order valence-corrected chi connectivity index (χ4v) is 4.51. The first-order valence-corrected chi connectivity index (χ1v) is 12.0. The van der Waals surface area contributed by atoms with Crippen LogP contribution in [0.25, 0.3) is 0 Å². The third-order valence-electron chi connectivity index (χ3n) is 6.19. The zero-order valence-corrected chi connectivity index (χ0v) is 20.1. The van der Waals surface area contributed by atoms with Gasteiger partial charge in [-0.2, -0.15) is 0 Å². The van der Waals surface area contributed by atoms with Gasteiger partial charge in [-0.05, 0) is 70.4 Å². The molecular weight excluding hydrogens is 420 g/mol. The van der Waals surface area contributed by atoms with E-state index in [1.165, 1.54) is 11.1 Å². The Hall–Kier alpha value is -2.61. The fourth-order valence-electron chi connectivity index (χ4n) is 4.51. The Kier molecular flexibility index (Phi) is 8.35. The zero-order chi connectivity index (χ0) is 24.0. The van der Waals surface area contributed by atoms with Gasteiger partial charge >= 0.3 is 6.09 Å². The van der Waals surface area contributed by atoms with Crippen LogP contribution in [-0.4, -0.2) is 65.0 Å². The van der Waals surface area contributed by atoms with Crippen LogP contribution in [0, 0.1) is 0 Å². The van der Waals surface area contributed by atoms with E-state index in [9.17, 15) is 14.4 Å². The standard InChI is InChI=1S/C25H38N4O4/c1-25(2,3)33-24(32)27-14-7-6-11-20(26)22(30)29-15-8-12-21(29)23(31)28-16-13-18-9-4-5-10-19(18)17-28/h4-5,9-10,20-21H,6-8,11-17,26H2,1-3H3,(H,27,32)/t20-,21-/m0/s1. The van der Waals surface area contributed by atoms with Crippen LogP contribution in [0.5, 0.6) is 0 Å². The van der Waals surface area contributed by atoms with Crippen LogP contribution in [0.15, 0.2) is 24.3 Å². The van der Waals surface area contributed by atoms with E-state index < -0.39 is 23.8 Å². The number of unbranched alkanes of at least 4 members (excludes halogenated alkanes) is 1. The van der Waals surface area contributed by atoms with Crippen molar-refractivity contribution in [2.45, 2.75) is 83.5 Å². The van der Waals surface area contributed by atoms with E-state index in [-0.39, 0.29) is 11.8 Å². The molecule has 0 radical (unpaired) electrons. The monoisotopic (exact) mass is 458 g/mol. The van der Waals surface area contributed by atoms with Crippen LogP contribution in [0.3, 0.4) is 0 Å². The molecule has 2 atom stereocenters. The first-order valence-electron chi connectivity index (χ1n) is 12.0. The van der Waals surface area contributed by atoms with Gasteiger partial charge in [0.2, 0.25) is 11.8 Å². The molecule has 3 N–H and O–H groups in total. The summed E-state index contributed by atoms with van der Waals surface area (Å²) in [7, 11) is 0. The molecule has 2 aliphatic heterocycles. The highest BCUT2D eigenvalue weighted by atomic mass is 16.6. The summed E-state index contributed by atoms with van der Waals surface area (Å²) in [6.45, 7) is 7.78. The normalized spacial score (nSPS) is 19.1. The molecule has 1 fully saturated rings. The third kappa shape index (κ3) is 6.93. The minimum Gasteiger partial charge on any atom is -0.444 e. The van der Waals surface area contributed by atoms with Gasteiger partial charge in [-0.3, -0.25) is 9.59 Å². The van der Waals surface area contributed by atoms with Gasteiger partial charge < -0.3 is 25.6 Å². The average molecular weight is 459 g/mol. The van der Waals surface area contributed by atoms with E-state index >= 15 is 0 Å². The van der Waals surface area contributed by atoms with E-state index in [1.54, 1.807) is 4.90 Å². The maximum atomic E-state index is 13.2. The van der Waals surface area contributed by atoms with Crippen molar-refractivity contribution in [1.82, 2.24) is 15.1 Å². The minimum absolute atomic E-state index is 0.0316. The summed E-state index contributed by atoms with van der Waals surface area (Å²) in [4.78, 5) is 41.5. The fraction of sp³-hybridized carbons (Fsp3) is 0.640. The summed E-state index contributed by atoms with van der Waals surface area (Å²) in [6.07, 6.45) is 3.84. The number of nitrogens with zero attached hydrogens (tertiary/aromatic N) is 2. The largest absolute Gasteiger partial charge is 0.444 e. The van der Waals surface area contributed by atoms with Crippen LogP contribution >= 0.6 is 0 Å². The lowest BCUT2D eigenvalue weighted by molar-refractivity contribution is -0.145. The van der Waals surface area contributed by atoms with E-state index in [1.807, 2.05) is 37.8 Å². The van der Waals surface area contributed by atoms with Gasteiger partial charge in [0, 0.05) is 26.2 Å². The van der Waals surface area contributed by atoms with Gasteiger partial charge in [0.25, 0.3) is 0 Å². The number of hydrogen-bond acceptors (Lipinski definition) is 5. The van der Waals surface area contributed by atoms with E-state index in [2.05, 4.69) is 17.4 Å². The molecule has 1 aromatic carbocycles. The number of carbonyl (C=O) groups excluding carboxylic acids is 3. The van der Waals surface area contributed by atoms with Gasteiger partial charge in [-0.1, -0.05) is 24.3 Å². The molecule has 1 saturated heterocycles. The van der Waals surface area contributed by atoms with Gasteiger partial charge in [0.15, 0.2) is 0 Å². The molecule has 182 valence electrons. The molecule has 0 spiro atoms. The van der Waals surface area contributed by atoms with Crippen molar-refractivity contribution in [2.24, 2.45) is 5.73 Å². The second-order valence-electron chi connectivity index (χ2n) is 10.00. The summed E-state index contributed by atoms with van der Waals surface area (Å²) in [5.74, 6) is -0.118. The van der Waals surface area contributed by atoms with Crippen molar-refractivity contribution >= 4 is 17.9 Å². The maximum Gasteiger partial charge on any atom is 0.407 e. The average Bonchev–Trinajstić information content (AvgIpc) is 3.26.